The van der Waals surface area contributed by atoms with Gasteiger partial charge in [0.2, 0.25) is 0 Å². The molecule has 1 aliphatic rings. The Morgan fingerprint density at radius 2 is 2.00 bits per heavy atom. The van der Waals surface area contributed by atoms with Crippen molar-refractivity contribution in [3.05, 3.63) is 0 Å². The summed E-state index contributed by atoms with van der Waals surface area (Å²) in [5.41, 5.74) is 0. The van der Waals surface area contributed by atoms with E-state index in [2.05, 4.69) is 5.32 Å². The van der Waals surface area contributed by atoms with E-state index in [1.54, 1.807) is 0 Å². The molecule has 1 rings (SSSR count). The Balaban J connectivity index is 0.000000490. The lowest BCUT2D eigenvalue weighted by atomic mass is 10.3. The van der Waals surface area contributed by atoms with Gasteiger partial charge in [-0.2, -0.15) is 0 Å². The van der Waals surface area contributed by atoms with Gasteiger partial charge in [0.15, 0.2) is 6.30 Å². The summed E-state index contributed by atoms with van der Waals surface area (Å²) in [5.74, 6) is 0. The summed E-state index contributed by atoms with van der Waals surface area (Å²) in [6, 6.07) is 0. The summed E-state index contributed by atoms with van der Waals surface area (Å²) in [4.78, 5) is 0. The molecule has 0 spiro atoms. The van der Waals surface area contributed by atoms with Crippen LogP contribution in [0.25, 0.3) is 0 Å². The van der Waals surface area contributed by atoms with Gasteiger partial charge in [0.25, 0.3) is 0 Å². The van der Waals surface area contributed by atoms with Gasteiger partial charge in [0, 0.05) is 6.54 Å². The van der Waals surface area contributed by atoms with E-state index in [1.807, 2.05) is 0 Å². The fourth-order valence-corrected chi connectivity index (χ4v) is 0.633. The molecule has 1 fully saturated rings. The average Bonchev–Trinajstić information content (AvgIpc) is 1.91. The first-order chi connectivity index (χ1) is 3.30. The summed E-state index contributed by atoms with van der Waals surface area (Å²) in [6.45, 7) is 0.475. The molecule has 0 amide bonds. The van der Waals surface area contributed by atoms with Gasteiger partial charge < -0.3 is 0 Å². The van der Waals surface area contributed by atoms with Gasteiger partial charge in [0.05, 0.1) is 0 Å². The van der Waals surface area contributed by atoms with Crippen molar-refractivity contribution in [2.75, 3.05) is 6.54 Å². The highest BCUT2D eigenvalue weighted by Crippen LogP contribution is 2.10. The highest BCUT2D eigenvalue weighted by Gasteiger charge is 2.24. The first kappa shape index (κ1) is 8.11. The maximum Gasteiger partial charge on any atom is 0.182 e. The molecule has 0 bridgehead atoms. The Hall–Kier alpha value is 0.110. The number of hydrogen-bond acceptors (Lipinski definition) is 1. The van der Waals surface area contributed by atoms with Gasteiger partial charge in [-0.15, -0.1) is 12.4 Å². The maximum atomic E-state index is 11.9. The van der Waals surface area contributed by atoms with Gasteiger partial charge in [0.1, 0.15) is 6.17 Å². The summed E-state index contributed by atoms with van der Waals surface area (Å²) in [6.07, 6.45) is -2.35. The average molecular weight is 144 g/mol. The number of hydrogen-bond donors (Lipinski definition) is 1. The second-order valence-corrected chi connectivity index (χ2v) is 1.66. The summed E-state index contributed by atoms with van der Waals surface area (Å²) >= 11 is 0. The smallest absolute Gasteiger partial charge is 0.182 e. The van der Waals surface area contributed by atoms with E-state index in [0.29, 0.717) is 13.0 Å². The van der Waals surface area contributed by atoms with E-state index in [9.17, 15) is 8.78 Å². The minimum absolute atomic E-state index is 0. The van der Waals surface area contributed by atoms with Crippen LogP contribution >= 0.6 is 12.4 Å². The van der Waals surface area contributed by atoms with Crippen LogP contribution < -0.4 is 5.32 Å². The Kier molecular flexibility index (Phi) is 3.24. The zero-order chi connectivity index (χ0) is 5.28. The van der Waals surface area contributed by atoms with Gasteiger partial charge in [-0.1, -0.05) is 0 Å². The molecular formula is C4H8ClF2N. The van der Waals surface area contributed by atoms with Crippen molar-refractivity contribution in [3.8, 4) is 0 Å². The third-order valence-corrected chi connectivity index (χ3v) is 1.08. The standard InChI is InChI=1S/C4H7F2N.ClH/c5-3-1-2-7-4(3)6;/h3-4,7H,1-2H2;1H. The van der Waals surface area contributed by atoms with Crippen LogP contribution in [0.2, 0.25) is 0 Å². The minimum Gasteiger partial charge on any atom is -0.285 e. The monoisotopic (exact) mass is 143 g/mol. The first-order valence-corrected chi connectivity index (χ1v) is 2.32. The molecule has 0 aromatic rings. The van der Waals surface area contributed by atoms with Crippen LogP contribution in [0.3, 0.4) is 0 Å². The van der Waals surface area contributed by atoms with Crippen LogP contribution in [0.1, 0.15) is 6.42 Å². The number of nitrogens with one attached hydrogen (secondary N) is 1. The predicted molar refractivity (Wildman–Crippen MR) is 29.7 cm³/mol. The van der Waals surface area contributed by atoms with E-state index in [4.69, 9.17) is 0 Å². The van der Waals surface area contributed by atoms with Crippen LogP contribution in [0.5, 0.6) is 0 Å². The SMILES string of the molecule is Cl.FC1CCNC1F. The molecule has 0 aromatic heterocycles. The number of halogens is 3. The molecule has 4 heteroatoms. The molecule has 2 unspecified atom stereocenters. The molecular weight excluding hydrogens is 136 g/mol. The molecule has 50 valence electrons. The predicted octanol–water partition coefficient (Wildman–Crippen LogP) is 1.04. The Labute approximate surface area is 52.9 Å². The van der Waals surface area contributed by atoms with E-state index >= 15 is 0 Å². The summed E-state index contributed by atoms with van der Waals surface area (Å²) in [7, 11) is 0. The summed E-state index contributed by atoms with van der Waals surface area (Å²) in [5, 5.41) is 2.33. The quantitative estimate of drug-likeness (QED) is 0.500. The molecule has 0 saturated carbocycles. The van der Waals surface area contributed by atoms with Gasteiger partial charge >= 0.3 is 0 Å². The van der Waals surface area contributed by atoms with Crippen molar-refractivity contribution in [2.45, 2.75) is 18.9 Å². The molecule has 0 aliphatic carbocycles. The number of rotatable bonds is 0. The van der Waals surface area contributed by atoms with E-state index in [1.165, 1.54) is 0 Å². The Morgan fingerprint density at radius 1 is 1.38 bits per heavy atom. The zero-order valence-electron chi connectivity index (χ0n) is 4.23. The Morgan fingerprint density at radius 3 is 2.12 bits per heavy atom. The van der Waals surface area contributed by atoms with E-state index in [0.717, 1.165) is 0 Å². The largest absolute Gasteiger partial charge is 0.285 e. The molecule has 1 nitrogen and oxygen atoms in total. The number of alkyl halides is 2. The van der Waals surface area contributed by atoms with E-state index in [-0.39, 0.29) is 12.4 Å². The van der Waals surface area contributed by atoms with Crippen molar-refractivity contribution in [1.82, 2.24) is 5.32 Å². The fraction of sp³-hybridized carbons (Fsp3) is 1.00. The molecule has 0 radical (unpaired) electrons. The van der Waals surface area contributed by atoms with Crippen molar-refractivity contribution in [3.63, 3.8) is 0 Å². The highest BCUT2D eigenvalue weighted by atomic mass is 35.5. The van der Waals surface area contributed by atoms with Crippen LogP contribution in [-0.2, 0) is 0 Å². The van der Waals surface area contributed by atoms with E-state index < -0.39 is 12.5 Å². The second-order valence-electron chi connectivity index (χ2n) is 1.66. The highest BCUT2D eigenvalue weighted by molar-refractivity contribution is 5.85. The van der Waals surface area contributed by atoms with Crippen LogP contribution in [0.15, 0.2) is 0 Å². The normalized spacial score (nSPS) is 36.8. The third-order valence-electron chi connectivity index (χ3n) is 1.08. The second kappa shape index (κ2) is 3.20. The van der Waals surface area contributed by atoms with Gasteiger partial charge in [-0.25, -0.2) is 8.78 Å². The maximum absolute atomic E-state index is 11.9. The molecule has 2 atom stereocenters. The topological polar surface area (TPSA) is 12.0 Å². The lowest BCUT2D eigenvalue weighted by Gasteiger charge is -1.97. The summed E-state index contributed by atoms with van der Waals surface area (Å²) < 4.78 is 23.7. The molecule has 8 heavy (non-hydrogen) atoms. The van der Waals surface area contributed by atoms with Crippen molar-refractivity contribution >= 4 is 12.4 Å². The van der Waals surface area contributed by atoms with Crippen molar-refractivity contribution in [1.29, 1.82) is 0 Å². The van der Waals surface area contributed by atoms with Crippen molar-refractivity contribution < 1.29 is 8.78 Å². The lowest BCUT2D eigenvalue weighted by Crippen LogP contribution is -2.21. The molecule has 1 saturated heterocycles. The van der Waals surface area contributed by atoms with Crippen LogP contribution in [-0.4, -0.2) is 19.0 Å². The minimum atomic E-state index is -1.40. The van der Waals surface area contributed by atoms with Crippen molar-refractivity contribution in [2.24, 2.45) is 0 Å². The van der Waals surface area contributed by atoms with Gasteiger partial charge in [-0.05, 0) is 6.42 Å². The fourth-order valence-electron chi connectivity index (χ4n) is 0.633. The third kappa shape index (κ3) is 1.56. The molecule has 1 N–H and O–H groups in total. The zero-order valence-corrected chi connectivity index (χ0v) is 5.05. The van der Waals surface area contributed by atoms with Crippen LogP contribution in [0.4, 0.5) is 8.78 Å². The molecule has 1 heterocycles. The molecule has 1 aliphatic heterocycles. The van der Waals surface area contributed by atoms with Gasteiger partial charge in [-0.3, -0.25) is 5.32 Å². The lowest BCUT2D eigenvalue weighted by molar-refractivity contribution is 0.182. The molecule has 0 aromatic carbocycles. The Bertz CT molecular complexity index is 63.1. The van der Waals surface area contributed by atoms with Crippen LogP contribution in [0, 0.1) is 0 Å². The first-order valence-electron chi connectivity index (χ1n) is 2.32.